The minimum absolute atomic E-state index is 0.0242. The maximum atomic E-state index is 13.2. The molecule has 1 fully saturated rings. The van der Waals surface area contributed by atoms with Crippen LogP contribution in [0.2, 0.25) is 0 Å². The predicted octanol–water partition coefficient (Wildman–Crippen LogP) is 2.87. The fourth-order valence-electron chi connectivity index (χ4n) is 3.36. The van der Waals surface area contributed by atoms with Crippen molar-refractivity contribution in [3.05, 3.63) is 81.7 Å². The monoisotopic (exact) mass is 361 g/mol. The van der Waals surface area contributed by atoms with Gasteiger partial charge in [-0.25, -0.2) is 9.37 Å². The number of hydrogen-bond acceptors (Lipinski definition) is 3. The molecule has 3 aromatic rings. The maximum Gasteiger partial charge on any atom is 0.261 e. The van der Waals surface area contributed by atoms with Crippen molar-refractivity contribution in [2.45, 2.75) is 19.3 Å². The lowest BCUT2D eigenvalue weighted by Gasteiger charge is -2.13. The molecule has 27 heavy (non-hydrogen) atoms. The first-order valence-electron chi connectivity index (χ1n) is 9.19. The Morgan fingerprint density at radius 2 is 1.85 bits per heavy atom. The summed E-state index contributed by atoms with van der Waals surface area (Å²) in [5, 5.41) is 0. The molecule has 5 heteroatoms. The first-order chi connectivity index (χ1) is 13.2. The van der Waals surface area contributed by atoms with Crippen molar-refractivity contribution in [2.24, 2.45) is 0 Å². The molecule has 0 saturated carbocycles. The topological polar surface area (TPSA) is 37.6 Å². The summed E-state index contributed by atoms with van der Waals surface area (Å²) in [4.78, 5) is 19.5. The molecule has 0 bridgehead atoms. The average Bonchev–Trinajstić information content (AvgIpc) is 3.19. The largest absolute Gasteiger partial charge is 0.303 e. The Morgan fingerprint density at radius 3 is 2.63 bits per heavy atom. The second kappa shape index (κ2) is 7.73. The van der Waals surface area contributed by atoms with Crippen LogP contribution in [0.25, 0.3) is 5.65 Å². The van der Waals surface area contributed by atoms with Gasteiger partial charge in [0.05, 0.1) is 0 Å². The summed E-state index contributed by atoms with van der Waals surface area (Å²) < 4.78 is 14.8. The number of pyridine rings is 1. The number of nitrogens with zero attached hydrogens (tertiary/aromatic N) is 3. The van der Waals surface area contributed by atoms with Crippen LogP contribution in [0, 0.1) is 17.7 Å². The SMILES string of the molecule is O=c1c(CCN2CCCC2)cnc2cc(C#Cc3cccc(F)c3)ccn12. The molecule has 0 N–H and O–H groups in total. The third kappa shape index (κ3) is 4.07. The van der Waals surface area contributed by atoms with Gasteiger partial charge in [0, 0.05) is 35.6 Å². The highest BCUT2D eigenvalue weighted by molar-refractivity contribution is 5.50. The molecule has 0 amide bonds. The second-order valence-corrected chi connectivity index (χ2v) is 6.79. The van der Waals surface area contributed by atoms with Gasteiger partial charge in [0.15, 0.2) is 0 Å². The molecule has 1 aliphatic rings. The van der Waals surface area contributed by atoms with E-state index in [0.717, 1.165) is 37.2 Å². The lowest BCUT2D eigenvalue weighted by Crippen LogP contribution is -2.26. The van der Waals surface area contributed by atoms with Gasteiger partial charge in [0.25, 0.3) is 5.56 Å². The van der Waals surface area contributed by atoms with Crippen LogP contribution in [-0.2, 0) is 6.42 Å². The predicted molar refractivity (Wildman–Crippen MR) is 103 cm³/mol. The molecule has 1 saturated heterocycles. The molecule has 0 unspecified atom stereocenters. The van der Waals surface area contributed by atoms with Gasteiger partial charge in [-0.1, -0.05) is 17.9 Å². The summed E-state index contributed by atoms with van der Waals surface area (Å²) >= 11 is 0. The Morgan fingerprint density at radius 1 is 1.07 bits per heavy atom. The van der Waals surface area contributed by atoms with Crippen LogP contribution in [-0.4, -0.2) is 33.9 Å². The molecular formula is C22H20FN3O. The molecular weight excluding hydrogens is 341 g/mol. The van der Waals surface area contributed by atoms with Crippen LogP contribution in [0.4, 0.5) is 4.39 Å². The zero-order valence-corrected chi connectivity index (χ0v) is 15.0. The number of aromatic nitrogens is 2. The van der Waals surface area contributed by atoms with E-state index in [1.165, 1.54) is 25.0 Å². The Bertz CT molecular complexity index is 1090. The van der Waals surface area contributed by atoms with Crippen molar-refractivity contribution in [3.63, 3.8) is 0 Å². The number of fused-ring (bicyclic) bond motifs is 1. The number of halogens is 1. The highest BCUT2D eigenvalue weighted by Gasteiger charge is 2.12. The molecule has 1 aliphatic heterocycles. The third-order valence-electron chi connectivity index (χ3n) is 4.85. The smallest absolute Gasteiger partial charge is 0.261 e. The first-order valence-corrected chi connectivity index (χ1v) is 9.19. The van der Waals surface area contributed by atoms with Crippen LogP contribution in [0.5, 0.6) is 0 Å². The Balaban J connectivity index is 1.56. The lowest BCUT2D eigenvalue weighted by molar-refractivity contribution is 0.343. The first kappa shape index (κ1) is 17.4. The summed E-state index contributed by atoms with van der Waals surface area (Å²) in [6, 6.07) is 9.73. The van der Waals surface area contributed by atoms with Gasteiger partial charge in [-0.15, -0.1) is 0 Å². The van der Waals surface area contributed by atoms with E-state index in [9.17, 15) is 9.18 Å². The quantitative estimate of drug-likeness (QED) is 0.673. The number of hydrogen-bond donors (Lipinski definition) is 0. The highest BCUT2D eigenvalue weighted by atomic mass is 19.1. The normalized spacial score (nSPS) is 14.3. The zero-order valence-electron chi connectivity index (χ0n) is 15.0. The molecule has 4 rings (SSSR count). The maximum absolute atomic E-state index is 13.2. The van der Waals surface area contributed by atoms with Crippen molar-refractivity contribution in [1.82, 2.24) is 14.3 Å². The van der Waals surface area contributed by atoms with Crippen LogP contribution in [0.1, 0.15) is 29.5 Å². The fourth-order valence-corrected chi connectivity index (χ4v) is 3.36. The van der Waals surface area contributed by atoms with Gasteiger partial charge >= 0.3 is 0 Å². The molecule has 1 aromatic carbocycles. The highest BCUT2D eigenvalue weighted by Crippen LogP contribution is 2.09. The van der Waals surface area contributed by atoms with Gasteiger partial charge in [0.1, 0.15) is 11.5 Å². The molecule has 0 aliphatic carbocycles. The van der Waals surface area contributed by atoms with E-state index in [0.29, 0.717) is 11.2 Å². The fraction of sp³-hybridized carbons (Fsp3) is 0.273. The molecule has 3 heterocycles. The van der Waals surface area contributed by atoms with Crippen LogP contribution >= 0.6 is 0 Å². The van der Waals surface area contributed by atoms with Crippen molar-refractivity contribution >= 4 is 5.65 Å². The van der Waals surface area contributed by atoms with E-state index >= 15 is 0 Å². The van der Waals surface area contributed by atoms with E-state index in [2.05, 4.69) is 21.7 Å². The Kier molecular flexibility index (Phi) is 4.99. The third-order valence-corrected chi connectivity index (χ3v) is 4.85. The molecule has 2 aromatic heterocycles. The summed E-state index contributed by atoms with van der Waals surface area (Å²) in [5.74, 6) is 5.62. The number of rotatable bonds is 3. The molecule has 0 radical (unpaired) electrons. The molecule has 4 nitrogen and oxygen atoms in total. The second-order valence-electron chi connectivity index (χ2n) is 6.79. The minimum atomic E-state index is -0.310. The summed E-state index contributed by atoms with van der Waals surface area (Å²) in [5.41, 5.74) is 2.62. The molecule has 136 valence electrons. The van der Waals surface area contributed by atoms with E-state index < -0.39 is 0 Å². The summed E-state index contributed by atoms with van der Waals surface area (Å²) in [7, 11) is 0. The minimum Gasteiger partial charge on any atom is -0.303 e. The van der Waals surface area contributed by atoms with E-state index in [1.54, 1.807) is 41.1 Å². The summed E-state index contributed by atoms with van der Waals surface area (Å²) in [6.07, 6.45) is 6.59. The van der Waals surface area contributed by atoms with E-state index in [-0.39, 0.29) is 11.4 Å². The standard InChI is InChI=1S/C22H20FN3O/c23-20-5-3-4-17(14-20)6-7-18-8-13-26-21(15-18)24-16-19(22(26)27)9-12-25-10-1-2-11-25/h3-5,8,13-16H,1-2,9-12H2. The van der Waals surface area contributed by atoms with Crippen molar-refractivity contribution in [3.8, 4) is 11.8 Å². The summed E-state index contributed by atoms with van der Waals surface area (Å²) in [6.45, 7) is 3.14. The van der Waals surface area contributed by atoms with Crippen molar-refractivity contribution < 1.29 is 4.39 Å². The van der Waals surface area contributed by atoms with Gasteiger partial charge in [-0.2, -0.15) is 0 Å². The molecule has 0 atom stereocenters. The van der Waals surface area contributed by atoms with Crippen LogP contribution in [0.3, 0.4) is 0 Å². The van der Waals surface area contributed by atoms with Gasteiger partial charge in [-0.3, -0.25) is 9.20 Å². The van der Waals surface area contributed by atoms with Crippen LogP contribution in [0.15, 0.2) is 53.6 Å². The average molecular weight is 361 g/mol. The van der Waals surface area contributed by atoms with Crippen molar-refractivity contribution in [1.29, 1.82) is 0 Å². The van der Waals surface area contributed by atoms with Gasteiger partial charge in [0.2, 0.25) is 0 Å². The van der Waals surface area contributed by atoms with E-state index in [1.807, 2.05) is 0 Å². The Labute approximate surface area is 157 Å². The van der Waals surface area contributed by atoms with Gasteiger partial charge in [-0.05, 0) is 62.7 Å². The molecule has 0 spiro atoms. The zero-order chi connectivity index (χ0) is 18.6. The van der Waals surface area contributed by atoms with Crippen LogP contribution < -0.4 is 5.56 Å². The number of benzene rings is 1. The van der Waals surface area contributed by atoms with Gasteiger partial charge < -0.3 is 4.90 Å². The van der Waals surface area contributed by atoms with Crippen molar-refractivity contribution in [2.75, 3.05) is 19.6 Å². The Hall–Kier alpha value is -2.97. The van der Waals surface area contributed by atoms with E-state index in [4.69, 9.17) is 0 Å². The number of likely N-dealkylation sites (tertiary alicyclic amines) is 1. The lowest BCUT2D eigenvalue weighted by atomic mass is 10.2.